The first-order valence-electron chi connectivity index (χ1n) is 12.3. The van der Waals surface area contributed by atoms with Crippen molar-refractivity contribution in [2.75, 3.05) is 32.2 Å². The highest BCUT2D eigenvalue weighted by atomic mass is 16.5. The molecule has 0 spiro atoms. The molecule has 8 rings (SSSR count). The highest BCUT2D eigenvalue weighted by Crippen LogP contribution is 2.37. The molecule has 2 bridgehead atoms. The van der Waals surface area contributed by atoms with Crippen LogP contribution in [0.1, 0.15) is 23.2 Å². The maximum absolute atomic E-state index is 5.55. The van der Waals surface area contributed by atoms with Crippen molar-refractivity contribution in [2.45, 2.75) is 31.6 Å². The molecule has 0 radical (unpaired) electrons. The number of nitrogens with zero attached hydrogens (tertiary/aromatic N) is 7. The van der Waals surface area contributed by atoms with Crippen LogP contribution in [0.25, 0.3) is 16.6 Å². The fourth-order valence-electron chi connectivity index (χ4n) is 5.73. The zero-order valence-electron chi connectivity index (χ0n) is 20.3. The van der Waals surface area contributed by atoms with Crippen molar-refractivity contribution in [3.63, 3.8) is 0 Å². The van der Waals surface area contributed by atoms with Gasteiger partial charge in [-0.15, -0.1) is 0 Å². The van der Waals surface area contributed by atoms with Crippen molar-refractivity contribution in [3.05, 3.63) is 65.7 Å². The third kappa shape index (κ3) is 3.42. The molecule has 3 fully saturated rings. The summed E-state index contributed by atoms with van der Waals surface area (Å²) >= 11 is 0. The maximum Gasteiger partial charge on any atom is 0.212 e. The minimum Gasteiger partial charge on any atom is -0.495 e. The molecule has 0 N–H and O–H groups in total. The Kier molecular flexibility index (Phi) is 4.92. The van der Waals surface area contributed by atoms with Crippen LogP contribution in [0.15, 0.2) is 53.9 Å². The average molecular weight is 482 g/mol. The first-order valence-corrected chi connectivity index (χ1v) is 12.3. The summed E-state index contributed by atoms with van der Waals surface area (Å²) in [4.78, 5) is 18.6. The molecule has 0 amide bonds. The van der Waals surface area contributed by atoms with E-state index in [0.717, 1.165) is 59.1 Å². The minimum atomic E-state index is 0.541. The van der Waals surface area contributed by atoms with Crippen LogP contribution in [0, 0.1) is 0 Å². The normalized spacial score (nSPS) is 20.4. The number of methoxy groups -OCH3 is 2. The highest BCUT2D eigenvalue weighted by Gasteiger charge is 2.44. The summed E-state index contributed by atoms with van der Waals surface area (Å²) in [5, 5.41) is 4.71. The summed E-state index contributed by atoms with van der Waals surface area (Å²) in [5.74, 6) is 2.45. The number of fused-ring (bicyclic) bond motifs is 5. The van der Waals surface area contributed by atoms with Gasteiger partial charge in [0.15, 0.2) is 0 Å². The van der Waals surface area contributed by atoms with Crippen molar-refractivity contribution in [2.24, 2.45) is 4.99 Å². The molecule has 36 heavy (non-hydrogen) atoms. The number of aromatic nitrogens is 4. The summed E-state index contributed by atoms with van der Waals surface area (Å²) in [6, 6.07) is 11.5. The van der Waals surface area contributed by atoms with Crippen LogP contribution in [0.2, 0.25) is 0 Å². The molecule has 2 unspecified atom stereocenters. The number of hydrogen-bond donors (Lipinski definition) is 0. The van der Waals surface area contributed by atoms with E-state index < -0.39 is 0 Å². The van der Waals surface area contributed by atoms with Gasteiger partial charge in [-0.25, -0.2) is 14.5 Å². The SMILES string of the molecule is COc1cc(-c2ccc(N3CC4CC(C3)N4Cc3ccc(OC)nc3)nc2)c2c3c(nn2c1)CN=C3. The van der Waals surface area contributed by atoms with E-state index in [4.69, 9.17) is 19.6 Å². The predicted octanol–water partition coefficient (Wildman–Crippen LogP) is 3.20. The zero-order chi connectivity index (χ0) is 24.2. The van der Waals surface area contributed by atoms with Gasteiger partial charge >= 0.3 is 0 Å². The topological polar surface area (TPSA) is 80.4 Å². The monoisotopic (exact) mass is 481 g/mol. The molecule has 4 aliphatic heterocycles. The van der Waals surface area contributed by atoms with Gasteiger partial charge in [-0.05, 0) is 30.2 Å². The van der Waals surface area contributed by atoms with E-state index in [9.17, 15) is 0 Å². The molecule has 8 heterocycles. The highest BCUT2D eigenvalue weighted by molar-refractivity contribution is 5.99. The summed E-state index contributed by atoms with van der Waals surface area (Å²) in [5.41, 5.74) is 6.45. The van der Waals surface area contributed by atoms with Gasteiger partial charge in [0.25, 0.3) is 0 Å². The smallest absolute Gasteiger partial charge is 0.212 e. The number of piperazine rings is 1. The molecule has 4 aromatic heterocycles. The molecule has 9 nitrogen and oxygen atoms in total. The lowest BCUT2D eigenvalue weighted by Gasteiger charge is -2.56. The predicted molar refractivity (Wildman–Crippen MR) is 137 cm³/mol. The quantitative estimate of drug-likeness (QED) is 0.418. The number of rotatable bonds is 6. The zero-order valence-corrected chi connectivity index (χ0v) is 20.3. The molecular weight excluding hydrogens is 454 g/mol. The van der Waals surface area contributed by atoms with E-state index >= 15 is 0 Å². The maximum atomic E-state index is 5.55. The largest absolute Gasteiger partial charge is 0.495 e. The van der Waals surface area contributed by atoms with E-state index in [1.54, 1.807) is 14.2 Å². The van der Waals surface area contributed by atoms with Gasteiger partial charge in [0.2, 0.25) is 5.88 Å². The molecule has 9 heteroatoms. The number of piperidine rings is 1. The number of anilines is 1. The fourth-order valence-corrected chi connectivity index (χ4v) is 5.73. The number of aliphatic imine (C=N–C) groups is 1. The van der Waals surface area contributed by atoms with Crippen LogP contribution in [0.4, 0.5) is 5.82 Å². The molecule has 0 aromatic carbocycles. The molecular formula is C27H27N7O2. The average Bonchev–Trinajstić information content (AvgIpc) is 3.53. The second-order valence-electron chi connectivity index (χ2n) is 9.65. The second kappa shape index (κ2) is 8.30. The van der Waals surface area contributed by atoms with Crippen LogP contribution in [-0.4, -0.2) is 70.1 Å². The third-order valence-electron chi connectivity index (χ3n) is 7.61. The standard InChI is InChI=1S/C27H27N7O2/c1-35-21-8-22(27-23-11-28-12-24(23)31-34(27)16-21)18-4-5-25(29-10-18)32-14-19-7-20(15-32)33(19)13-17-3-6-26(36-2)30-9-17/h3-6,8-11,16,19-20H,7,12-15H2,1-2H3. The van der Waals surface area contributed by atoms with Crippen molar-refractivity contribution in [1.82, 2.24) is 24.5 Å². The van der Waals surface area contributed by atoms with E-state index in [1.807, 2.05) is 35.4 Å². The van der Waals surface area contributed by atoms with Gasteiger partial charge in [-0.2, -0.15) is 5.10 Å². The Morgan fingerprint density at radius 1 is 1.00 bits per heavy atom. The van der Waals surface area contributed by atoms with E-state index in [1.165, 1.54) is 12.0 Å². The van der Waals surface area contributed by atoms with Crippen LogP contribution in [0.5, 0.6) is 11.6 Å². The van der Waals surface area contributed by atoms with E-state index in [-0.39, 0.29) is 0 Å². The Balaban J connectivity index is 1.10. The fraction of sp³-hybridized carbons (Fsp3) is 0.333. The Morgan fingerprint density at radius 3 is 2.61 bits per heavy atom. The van der Waals surface area contributed by atoms with Gasteiger partial charge in [-0.1, -0.05) is 6.07 Å². The molecule has 4 aliphatic rings. The Bertz CT molecular complexity index is 1450. The van der Waals surface area contributed by atoms with Gasteiger partial charge in [0, 0.05) is 73.1 Å². The van der Waals surface area contributed by atoms with Crippen molar-refractivity contribution < 1.29 is 9.47 Å². The Hall–Kier alpha value is -3.98. The summed E-state index contributed by atoms with van der Waals surface area (Å²) < 4.78 is 12.6. The van der Waals surface area contributed by atoms with Crippen LogP contribution in [-0.2, 0) is 13.1 Å². The first-order chi connectivity index (χ1) is 17.7. The van der Waals surface area contributed by atoms with Crippen LogP contribution in [0.3, 0.4) is 0 Å². The molecule has 4 aromatic rings. The summed E-state index contributed by atoms with van der Waals surface area (Å²) in [7, 11) is 3.33. The molecule has 0 saturated carbocycles. The van der Waals surface area contributed by atoms with Gasteiger partial charge in [0.05, 0.1) is 38.2 Å². The third-order valence-corrected chi connectivity index (χ3v) is 7.61. The van der Waals surface area contributed by atoms with Crippen molar-refractivity contribution in [1.29, 1.82) is 0 Å². The molecule has 2 atom stereocenters. The van der Waals surface area contributed by atoms with Gasteiger partial charge in [0.1, 0.15) is 11.6 Å². The lowest BCUT2D eigenvalue weighted by molar-refractivity contribution is -0.00876. The van der Waals surface area contributed by atoms with E-state index in [0.29, 0.717) is 24.5 Å². The summed E-state index contributed by atoms with van der Waals surface area (Å²) in [6.07, 6.45) is 8.97. The Labute approximate surface area is 209 Å². The first kappa shape index (κ1) is 21.3. The number of ether oxygens (including phenoxy) is 2. The van der Waals surface area contributed by atoms with Gasteiger partial charge in [-0.3, -0.25) is 9.89 Å². The lowest BCUT2D eigenvalue weighted by Crippen LogP contribution is -2.68. The molecule has 3 saturated heterocycles. The van der Waals surface area contributed by atoms with Crippen molar-refractivity contribution >= 4 is 17.5 Å². The Morgan fingerprint density at radius 2 is 1.89 bits per heavy atom. The molecule has 0 aliphatic carbocycles. The van der Waals surface area contributed by atoms with Gasteiger partial charge < -0.3 is 14.4 Å². The second-order valence-corrected chi connectivity index (χ2v) is 9.65. The van der Waals surface area contributed by atoms with Crippen molar-refractivity contribution in [3.8, 4) is 22.8 Å². The molecule has 182 valence electrons. The van der Waals surface area contributed by atoms with Crippen LogP contribution < -0.4 is 14.4 Å². The van der Waals surface area contributed by atoms with E-state index in [2.05, 4.69) is 44.0 Å². The number of hydrogen-bond acceptors (Lipinski definition) is 8. The minimum absolute atomic E-state index is 0.541. The number of pyridine rings is 3. The summed E-state index contributed by atoms with van der Waals surface area (Å²) in [6.45, 7) is 3.53. The van der Waals surface area contributed by atoms with Crippen LogP contribution >= 0.6 is 0 Å². The lowest BCUT2D eigenvalue weighted by atomic mass is 9.87.